The molecule has 1 aliphatic heterocycles. The molecule has 0 unspecified atom stereocenters. The maximum absolute atomic E-state index is 13.2. The Morgan fingerprint density at radius 2 is 1.93 bits per heavy atom. The van der Waals surface area contributed by atoms with Crippen molar-refractivity contribution in [3.05, 3.63) is 34.9 Å². The first-order valence-electron chi connectivity index (χ1n) is 10.7. The summed E-state index contributed by atoms with van der Waals surface area (Å²) < 4.78 is 5.74. The number of aromatic amines is 1. The first kappa shape index (κ1) is 19.1. The zero-order chi connectivity index (χ0) is 21.0. The van der Waals surface area contributed by atoms with Crippen LogP contribution < -0.4 is 5.32 Å². The number of carbonyl (C=O) groups is 1. The fraction of sp³-hybridized carbons (Fsp3) is 0.545. The lowest BCUT2D eigenvalue weighted by Crippen LogP contribution is -2.39. The van der Waals surface area contributed by atoms with Gasteiger partial charge in [0.25, 0.3) is 5.91 Å². The molecule has 8 heteroatoms. The van der Waals surface area contributed by atoms with E-state index >= 15 is 0 Å². The van der Waals surface area contributed by atoms with Gasteiger partial charge in [-0.3, -0.25) is 4.79 Å². The number of aryl methyl sites for hydroxylation is 3. The maximum atomic E-state index is 13.2. The van der Waals surface area contributed by atoms with Gasteiger partial charge < -0.3 is 19.6 Å². The van der Waals surface area contributed by atoms with Crippen molar-refractivity contribution >= 4 is 22.8 Å². The SMILES string of the molecule is Cc1nc(C2CCN(C(=O)c3nc(NC4(C)CC4)c4cc(C)oc4n3)CC2)c(C)[nH]1. The van der Waals surface area contributed by atoms with Crippen molar-refractivity contribution in [3.8, 4) is 0 Å². The summed E-state index contributed by atoms with van der Waals surface area (Å²) in [6.45, 7) is 9.44. The number of carbonyl (C=O) groups excluding carboxylic acids is 1. The van der Waals surface area contributed by atoms with Crippen molar-refractivity contribution in [1.82, 2.24) is 24.8 Å². The normalized spacial score (nSPS) is 18.7. The molecule has 0 radical (unpaired) electrons. The van der Waals surface area contributed by atoms with Gasteiger partial charge in [-0.1, -0.05) is 0 Å². The van der Waals surface area contributed by atoms with Crippen molar-refractivity contribution in [2.24, 2.45) is 0 Å². The van der Waals surface area contributed by atoms with Crippen molar-refractivity contribution < 1.29 is 9.21 Å². The largest absolute Gasteiger partial charge is 0.443 e. The lowest BCUT2D eigenvalue weighted by molar-refractivity contribution is 0.0699. The average molecular weight is 409 g/mol. The summed E-state index contributed by atoms with van der Waals surface area (Å²) >= 11 is 0. The molecule has 0 atom stereocenters. The van der Waals surface area contributed by atoms with E-state index < -0.39 is 0 Å². The Balaban J connectivity index is 1.36. The molecule has 5 rings (SSSR count). The van der Waals surface area contributed by atoms with Crippen LogP contribution in [-0.2, 0) is 0 Å². The minimum atomic E-state index is -0.136. The Bertz CT molecular complexity index is 1120. The molecule has 8 nitrogen and oxygen atoms in total. The van der Waals surface area contributed by atoms with Gasteiger partial charge in [0, 0.05) is 30.2 Å². The Hall–Kier alpha value is -2.90. The third kappa shape index (κ3) is 3.44. The van der Waals surface area contributed by atoms with Crippen LogP contribution in [0.2, 0.25) is 0 Å². The van der Waals surface area contributed by atoms with Crippen molar-refractivity contribution in [3.63, 3.8) is 0 Å². The number of fused-ring (bicyclic) bond motifs is 1. The van der Waals surface area contributed by atoms with E-state index in [-0.39, 0.29) is 17.3 Å². The second kappa shape index (κ2) is 6.82. The predicted octanol–water partition coefficient (Wildman–Crippen LogP) is 3.86. The molecule has 1 amide bonds. The van der Waals surface area contributed by atoms with Gasteiger partial charge in [-0.05, 0) is 59.4 Å². The predicted molar refractivity (Wildman–Crippen MR) is 114 cm³/mol. The fourth-order valence-corrected chi connectivity index (χ4v) is 4.35. The Morgan fingerprint density at radius 1 is 1.20 bits per heavy atom. The molecule has 1 aliphatic carbocycles. The lowest BCUT2D eigenvalue weighted by Gasteiger charge is -2.31. The third-order valence-corrected chi connectivity index (χ3v) is 6.34. The zero-order valence-corrected chi connectivity index (χ0v) is 18.0. The van der Waals surface area contributed by atoms with Gasteiger partial charge in [0.15, 0.2) is 0 Å². The molecule has 0 aromatic carbocycles. The zero-order valence-electron chi connectivity index (χ0n) is 18.0. The summed E-state index contributed by atoms with van der Waals surface area (Å²) in [5.74, 6) is 2.84. The second-order valence-corrected chi connectivity index (χ2v) is 9.06. The van der Waals surface area contributed by atoms with Gasteiger partial charge in [-0.2, -0.15) is 4.98 Å². The van der Waals surface area contributed by atoms with Crippen LogP contribution >= 0.6 is 0 Å². The van der Waals surface area contributed by atoms with Gasteiger partial charge in [-0.15, -0.1) is 0 Å². The van der Waals surface area contributed by atoms with E-state index in [9.17, 15) is 4.79 Å². The van der Waals surface area contributed by atoms with Gasteiger partial charge in [0.05, 0.1) is 11.1 Å². The quantitative estimate of drug-likeness (QED) is 0.680. The van der Waals surface area contributed by atoms with Crippen molar-refractivity contribution in [2.45, 2.75) is 64.8 Å². The molecular weight excluding hydrogens is 380 g/mol. The van der Waals surface area contributed by atoms with Crippen LogP contribution in [0.25, 0.3) is 11.1 Å². The van der Waals surface area contributed by atoms with Crippen LogP contribution in [0.1, 0.15) is 72.1 Å². The molecule has 2 aliphatic rings. The molecule has 2 N–H and O–H groups in total. The first-order chi connectivity index (χ1) is 14.3. The summed E-state index contributed by atoms with van der Waals surface area (Å²) in [5.41, 5.74) is 2.77. The highest BCUT2D eigenvalue weighted by Crippen LogP contribution is 2.39. The van der Waals surface area contributed by atoms with E-state index in [0.29, 0.717) is 30.5 Å². The molecule has 3 aromatic rings. The molecule has 0 spiro atoms. The first-order valence-corrected chi connectivity index (χ1v) is 10.7. The number of likely N-dealkylation sites (tertiary alicyclic amines) is 1. The van der Waals surface area contributed by atoms with E-state index in [2.05, 4.69) is 39.1 Å². The second-order valence-electron chi connectivity index (χ2n) is 9.06. The number of hydrogen-bond donors (Lipinski definition) is 2. The minimum Gasteiger partial charge on any atom is -0.443 e. The number of imidazole rings is 1. The fourth-order valence-electron chi connectivity index (χ4n) is 4.35. The van der Waals surface area contributed by atoms with Crippen molar-refractivity contribution in [2.75, 3.05) is 18.4 Å². The Kier molecular flexibility index (Phi) is 4.34. The number of piperidine rings is 1. The molecule has 3 aromatic heterocycles. The van der Waals surface area contributed by atoms with Crippen LogP contribution in [0, 0.1) is 20.8 Å². The maximum Gasteiger partial charge on any atom is 0.291 e. The number of amides is 1. The van der Waals surface area contributed by atoms with Crippen LogP contribution in [-0.4, -0.2) is 49.4 Å². The number of H-pyrrole nitrogens is 1. The Labute approximate surface area is 175 Å². The van der Waals surface area contributed by atoms with Crippen LogP contribution in [0.15, 0.2) is 10.5 Å². The molecule has 0 bridgehead atoms. The Morgan fingerprint density at radius 3 is 2.57 bits per heavy atom. The molecule has 1 saturated heterocycles. The summed E-state index contributed by atoms with van der Waals surface area (Å²) in [6, 6.07) is 1.93. The number of aromatic nitrogens is 4. The monoisotopic (exact) mass is 408 g/mol. The van der Waals surface area contributed by atoms with E-state index in [1.807, 2.05) is 24.8 Å². The van der Waals surface area contributed by atoms with Gasteiger partial charge in [-0.25, -0.2) is 9.97 Å². The van der Waals surface area contributed by atoms with E-state index in [1.54, 1.807) is 0 Å². The number of rotatable bonds is 4. The van der Waals surface area contributed by atoms with Crippen molar-refractivity contribution in [1.29, 1.82) is 0 Å². The molecular formula is C22H28N6O2. The topological polar surface area (TPSA) is 99.9 Å². The number of nitrogens with zero attached hydrogens (tertiary/aromatic N) is 4. The molecule has 4 heterocycles. The summed E-state index contributed by atoms with van der Waals surface area (Å²) in [5, 5.41) is 4.32. The summed E-state index contributed by atoms with van der Waals surface area (Å²) in [4.78, 5) is 32.1. The van der Waals surface area contributed by atoms with E-state index in [4.69, 9.17) is 4.42 Å². The van der Waals surface area contributed by atoms with E-state index in [1.165, 1.54) is 0 Å². The summed E-state index contributed by atoms with van der Waals surface area (Å²) in [6.07, 6.45) is 3.97. The highest BCUT2D eigenvalue weighted by molar-refractivity contribution is 5.95. The van der Waals surface area contributed by atoms with Crippen LogP contribution in [0.3, 0.4) is 0 Å². The minimum absolute atomic E-state index is 0.0463. The lowest BCUT2D eigenvalue weighted by atomic mass is 9.92. The number of hydrogen-bond acceptors (Lipinski definition) is 6. The smallest absolute Gasteiger partial charge is 0.291 e. The molecule has 158 valence electrons. The number of nitrogens with one attached hydrogen (secondary N) is 2. The molecule has 2 fully saturated rings. The van der Waals surface area contributed by atoms with Gasteiger partial charge in [0.2, 0.25) is 11.5 Å². The number of anilines is 1. The average Bonchev–Trinajstić information content (AvgIpc) is 3.14. The highest BCUT2D eigenvalue weighted by Gasteiger charge is 2.38. The number of furan rings is 1. The van der Waals surface area contributed by atoms with Gasteiger partial charge in [0.1, 0.15) is 17.4 Å². The third-order valence-electron chi connectivity index (χ3n) is 6.34. The molecule has 30 heavy (non-hydrogen) atoms. The molecule has 1 saturated carbocycles. The summed E-state index contributed by atoms with van der Waals surface area (Å²) in [7, 11) is 0. The van der Waals surface area contributed by atoms with E-state index in [0.717, 1.165) is 54.0 Å². The van der Waals surface area contributed by atoms with Gasteiger partial charge >= 0.3 is 0 Å². The van der Waals surface area contributed by atoms with Crippen LogP contribution in [0.4, 0.5) is 5.82 Å². The standard InChI is InChI=1S/C22H28N6O2/c1-12-11-16-18(27-22(4)7-8-22)25-19(26-20(16)30-12)21(29)28-9-5-15(6-10-28)17-13(2)23-14(3)24-17/h11,15H,5-10H2,1-4H3,(H,23,24)(H,25,26,27). The van der Waals surface area contributed by atoms with Crippen LogP contribution in [0.5, 0.6) is 0 Å². The highest BCUT2D eigenvalue weighted by atomic mass is 16.3.